The maximum Gasteiger partial charge on any atom is 0.121 e. The van der Waals surface area contributed by atoms with Gasteiger partial charge in [0.05, 0.1) is 12.5 Å². The van der Waals surface area contributed by atoms with Crippen molar-refractivity contribution in [3.63, 3.8) is 0 Å². The van der Waals surface area contributed by atoms with E-state index in [0.29, 0.717) is 0 Å². The van der Waals surface area contributed by atoms with Crippen LogP contribution in [0.2, 0.25) is 0 Å². The molecule has 3 heteroatoms. The Labute approximate surface area is 138 Å². The Morgan fingerprint density at radius 2 is 1.91 bits per heavy atom. The maximum atomic E-state index is 6.65. The van der Waals surface area contributed by atoms with E-state index in [-0.39, 0.29) is 5.38 Å². The number of benzene rings is 2. The highest BCUT2D eigenvalue weighted by atomic mass is 35.5. The summed E-state index contributed by atoms with van der Waals surface area (Å²) in [6.07, 6.45) is 0. The summed E-state index contributed by atoms with van der Waals surface area (Å²) in [6, 6.07) is 14.7. The molecule has 0 saturated heterocycles. The fraction of sp³-hybridized carbons (Fsp3) is 0.368. The molecule has 2 rings (SSSR count). The maximum absolute atomic E-state index is 6.65. The van der Waals surface area contributed by atoms with Crippen molar-refractivity contribution in [1.82, 2.24) is 0 Å². The summed E-state index contributed by atoms with van der Waals surface area (Å²) >= 11 is 6.65. The lowest BCUT2D eigenvalue weighted by Crippen LogP contribution is -2.26. The summed E-state index contributed by atoms with van der Waals surface area (Å²) in [5, 5.41) is -0.0509. The highest BCUT2D eigenvalue weighted by Crippen LogP contribution is 2.28. The minimum Gasteiger partial charge on any atom is -0.496 e. The van der Waals surface area contributed by atoms with Crippen molar-refractivity contribution in [1.29, 1.82) is 0 Å². The zero-order chi connectivity index (χ0) is 16.1. The zero-order valence-electron chi connectivity index (χ0n) is 13.8. The Kier molecular flexibility index (Phi) is 5.73. The second-order valence-corrected chi connectivity index (χ2v) is 6.10. The Morgan fingerprint density at radius 1 is 1.14 bits per heavy atom. The minimum absolute atomic E-state index is 0.0509. The van der Waals surface area contributed by atoms with Crippen LogP contribution in [-0.2, 0) is 0 Å². The van der Waals surface area contributed by atoms with E-state index in [1.54, 1.807) is 7.11 Å². The summed E-state index contributed by atoms with van der Waals surface area (Å²) in [5.74, 6) is 0.902. The van der Waals surface area contributed by atoms with Crippen molar-refractivity contribution in [2.24, 2.45) is 0 Å². The summed E-state index contributed by atoms with van der Waals surface area (Å²) in [4.78, 5) is 2.31. The van der Waals surface area contributed by atoms with Crippen LogP contribution in [0, 0.1) is 13.8 Å². The molecule has 2 nitrogen and oxygen atoms in total. The van der Waals surface area contributed by atoms with E-state index >= 15 is 0 Å². The van der Waals surface area contributed by atoms with E-state index in [1.807, 2.05) is 19.1 Å². The van der Waals surface area contributed by atoms with Crippen LogP contribution in [0.25, 0.3) is 0 Å². The largest absolute Gasteiger partial charge is 0.496 e. The van der Waals surface area contributed by atoms with E-state index in [4.69, 9.17) is 16.3 Å². The van der Waals surface area contributed by atoms with Gasteiger partial charge in [-0.2, -0.15) is 0 Å². The van der Waals surface area contributed by atoms with Gasteiger partial charge in [0.1, 0.15) is 5.75 Å². The van der Waals surface area contributed by atoms with Gasteiger partial charge in [0.25, 0.3) is 0 Å². The monoisotopic (exact) mass is 317 g/mol. The number of halogens is 1. The molecule has 118 valence electrons. The Hall–Kier alpha value is -1.67. The molecular formula is C19H24ClNO. The van der Waals surface area contributed by atoms with Crippen LogP contribution < -0.4 is 9.64 Å². The lowest BCUT2D eigenvalue weighted by Gasteiger charge is -2.26. The van der Waals surface area contributed by atoms with Crippen LogP contribution in [0.3, 0.4) is 0 Å². The topological polar surface area (TPSA) is 12.5 Å². The van der Waals surface area contributed by atoms with Crippen molar-refractivity contribution < 1.29 is 4.74 Å². The summed E-state index contributed by atoms with van der Waals surface area (Å²) in [7, 11) is 1.69. The third-order valence-corrected chi connectivity index (χ3v) is 4.30. The molecule has 0 fully saturated rings. The molecular weight excluding hydrogens is 294 g/mol. The van der Waals surface area contributed by atoms with Crippen molar-refractivity contribution in [3.05, 3.63) is 59.2 Å². The number of alkyl halides is 1. The van der Waals surface area contributed by atoms with E-state index in [1.165, 1.54) is 11.3 Å². The average Bonchev–Trinajstić information content (AvgIpc) is 2.52. The molecule has 0 amide bonds. The lowest BCUT2D eigenvalue weighted by molar-refractivity contribution is 0.411. The minimum atomic E-state index is -0.0509. The van der Waals surface area contributed by atoms with Gasteiger partial charge < -0.3 is 9.64 Å². The highest BCUT2D eigenvalue weighted by Gasteiger charge is 2.14. The van der Waals surface area contributed by atoms with Crippen LogP contribution >= 0.6 is 11.6 Å². The Balaban J connectivity index is 2.15. The van der Waals surface area contributed by atoms with Crippen molar-refractivity contribution in [3.8, 4) is 5.75 Å². The fourth-order valence-corrected chi connectivity index (χ4v) is 2.94. The van der Waals surface area contributed by atoms with Gasteiger partial charge in [0, 0.05) is 18.8 Å². The smallest absolute Gasteiger partial charge is 0.121 e. The van der Waals surface area contributed by atoms with Gasteiger partial charge in [-0.1, -0.05) is 24.3 Å². The highest BCUT2D eigenvalue weighted by molar-refractivity contribution is 6.21. The normalized spacial score (nSPS) is 12.0. The van der Waals surface area contributed by atoms with Gasteiger partial charge in [-0.25, -0.2) is 0 Å². The first kappa shape index (κ1) is 16.7. The number of ether oxygens (including phenoxy) is 1. The molecule has 0 bridgehead atoms. The SMILES string of the molecule is CCN(CC(Cl)c1ccc(OC)c(C)c1)c1cccc(C)c1. The molecule has 22 heavy (non-hydrogen) atoms. The van der Waals surface area contributed by atoms with E-state index in [0.717, 1.165) is 30.0 Å². The number of anilines is 1. The van der Waals surface area contributed by atoms with Crippen LogP contribution in [-0.4, -0.2) is 20.2 Å². The number of hydrogen-bond donors (Lipinski definition) is 0. The van der Waals surface area contributed by atoms with Crippen LogP contribution in [0.4, 0.5) is 5.69 Å². The van der Waals surface area contributed by atoms with Gasteiger partial charge in [-0.15, -0.1) is 11.6 Å². The number of rotatable bonds is 6. The number of aryl methyl sites for hydroxylation is 2. The van der Waals surface area contributed by atoms with E-state index in [9.17, 15) is 0 Å². The average molecular weight is 318 g/mol. The molecule has 0 radical (unpaired) electrons. The summed E-state index contributed by atoms with van der Waals surface area (Å²) < 4.78 is 5.31. The number of likely N-dealkylation sites (N-methyl/N-ethyl adjacent to an activating group) is 1. The van der Waals surface area contributed by atoms with Gasteiger partial charge in [0.2, 0.25) is 0 Å². The van der Waals surface area contributed by atoms with Crippen molar-refractivity contribution >= 4 is 17.3 Å². The quantitative estimate of drug-likeness (QED) is 0.686. The number of methoxy groups -OCH3 is 1. The first-order valence-electron chi connectivity index (χ1n) is 7.65. The molecule has 0 heterocycles. The van der Waals surface area contributed by atoms with Gasteiger partial charge in [0.15, 0.2) is 0 Å². The summed E-state index contributed by atoms with van der Waals surface area (Å²) in [6.45, 7) is 8.03. The Bertz CT molecular complexity index is 627. The van der Waals surface area contributed by atoms with E-state index < -0.39 is 0 Å². The molecule has 0 saturated carbocycles. The summed E-state index contributed by atoms with van der Waals surface area (Å²) in [5.41, 5.74) is 4.73. The second-order valence-electron chi connectivity index (χ2n) is 5.57. The van der Waals surface area contributed by atoms with Gasteiger partial charge >= 0.3 is 0 Å². The molecule has 1 unspecified atom stereocenters. The third-order valence-electron chi connectivity index (χ3n) is 3.91. The van der Waals surface area contributed by atoms with Crippen molar-refractivity contribution in [2.45, 2.75) is 26.1 Å². The fourth-order valence-electron chi connectivity index (χ4n) is 2.64. The Morgan fingerprint density at radius 3 is 2.50 bits per heavy atom. The molecule has 0 aliphatic heterocycles. The molecule has 0 spiro atoms. The van der Waals surface area contributed by atoms with Crippen molar-refractivity contribution in [2.75, 3.05) is 25.1 Å². The van der Waals surface area contributed by atoms with Crippen LogP contribution in [0.5, 0.6) is 5.75 Å². The van der Waals surface area contributed by atoms with Crippen LogP contribution in [0.15, 0.2) is 42.5 Å². The molecule has 0 N–H and O–H groups in total. The number of nitrogens with zero attached hydrogens (tertiary/aromatic N) is 1. The molecule has 1 atom stereocenters. The molecule has 0 aromatic heterocycles. The van der Waals surface area contributed by atoms with E-state index in [2.05, 4.69) is 49.1 Å². The second kappa shape index (κ2) is 7.55. The molecule has 2 aromatic carbocycles. The third kappa shape index (κ3) is 3.95. The predicted molar refractivity (Wildman–Crippen MR) is 95.4 cm³/mol. The van der Waals surface area contributed by atoms with Crippen LogP contribution in [0.1, 0.15) is 29.0 Å². The molecule has 0 aliphatic rings. The predicted octanol–water partition coefficient (Wildman–Crippen LogP) is 5.12. The number of hydrogen-bond acceptors (Lipinski definition) is 2. The van der Waals surface area contributed by atoms with Gasteiger partial charge in [-0.05, 0) is 55.7 Å². The first-order chi connectivity index (χ1) is 10.5. The van der Waals surface area contributed by atoms with Gasteiger partial charge in [-0.3, -0.25) is 0 Å². The molecule has 0 aliphatic carbocycles. The first-order valence-corrected chi connectivity index (χ1v) is 8.09. The zero-order valence-corrected chi connectivity index (χ0v) is 14.5. The lowest BCUT2D eigenvalue weighted by atomic mass is 10.1. The molecule has 2 aromatic rings. The standard InChI is InChI=1S/C19H24ClNO/c1-5-21(17-8-6-7-14(2)11-17)13-18(20)16-9-10-19(22-4)15(3)12-16/h6-12,18H,5,13H2,1-4H3.